The van der Waals surface area contributed by atoms with E-state index >= 15 is 0 Å². The number of ether oxygens (including phenoxy) is 2. The molecule has 0 amide bonds. The number of rotatable bonds is 6. The van der Waals surface area contributed by atoms with Crippen molar-refractivity contribution in [3.8, 4) is 23.0 Å². The highest BCUT2D eigenvalue weighted by Gasteiger charge is 2.23. The van der Waals surface area contributed by atoms with Gasteiger partial charge in [-0.15, -0.1) is 0 Å². The van der Waals surface area contributed by atoms with Gasteiger partial charge in [0.15, 0.2) is 0 Å². The van der Waals surface area contributed by atoms with Crippen LogP contribution < -0.4 is 9.47 Å². The maximum Gasteiger partial charge on any atom is 0.127 e. The molecule has 0 saturated heterocycles. The van der Waals surface area contributed by atoms with Gasteiger partial charge in [0, 0.05) is 5.41 Å². The van der Waals surface area contributed by atoms with E-state index in [1.54, 1.807) is 0 Å². The quantitative estimate of drug-likeness (QED) is 0.281. The summed E-state index contributed by atoms with van der Waals surface area (Å²) >= 11 is 0. The van der Waals surface area contributed by atoms with E-state index in [1.165, 1.54) is 33.4 Å². The van der Waals surface area contributed by atoms with Crippen LogP contribution in [0.4, 0.5) is 0 Å². The first-order valence-electron chi connectivity index (χ1n) is 12.4. The molecule has 0 fully saturated rings. The van der Waals surface area contributed by atoms with E-state index in [4.69, 9.17) is 9.47 Å². The van der Waals surface area contributed by atoms with E-state index in [-0.39, 0.29) is 5.41 Å². The van der Waals surface area contributed by atoms with Crippen molar-refractivity contribution < 1.29 is 9.47 Å². The van der Waals surface area contributed by atoms with Crippen molar-refractivity contribution in [1.82, 2.24) is 0 Å². The third-order valence-electron chi connectivity index (χ3n) is 6.58. The Kier molecular flexibility index (Phi) is 8.40. The summed E-state index contributed by atoms with van der Waals surface area (Å²) in [5, 5.41) is 0. The second-order valence-corrected chi connectivity index (χ2v) is 9.37. The highest BCUT2D eigenvalue weighted by atomic mass is 16.5. The Bertz CT molecular complexity index is 1150. The van der Waals surface area contributed by atoms with Crippen molar-refractivity contribution in [2.45, 2.75) is 60.8 Å². The molecule has 0 unspecified atom stereocenters. The highest BCUT2D eigenvalue weighted by molar-refractivity contribution is 5.44. The molecule has 0 N–H and O–H groups in total. The molecule has 0 aliphatic carbocycles. The molecule has 0 bridgehead atoms. The Morgan fingerprint density at radius 2 is 0.743 bits per heavy atom. The van der Waals surface area contributed by atoms with E-state index < -0.39 is 0 Å². The first kappa shape index (κ1) is 26.1. The summed E-state index contributed by atoms with van der Waals surface area (Å²) in [6, 6.07) is 29.1. The molecule has 2 heteroatoms. The molecule has 0 heterocycles. The van der Waals surface area contributed by atoms with Crippen LogP contribution in [0.2, 0.25) is 0 Å². The lowest BCUT2D eigenvalue weighted by atomic mass is 9.78. The zero-order valence-corrected chi connectivity index (χ0v) is 22.4. The van der Waals surface area contributed by atoms with E-state index in [0.717, 1.165) is 23.0 Å². The van der Waals surface area contributed by atoms with Crippen LogP contribution in [0.3, 0.4) is 0 Å². The summed E-state index contributed by atoms with van der Waals surface area (Å²) in [6.45, 7) is 16.9. The van der Waals surface area contributed by atoms with Crippen molar-refractivity contribution in [2.24, 2.45) is 0 Å². The number of aryl methyl sites for hydroxylation is 4. The Hall–Kier alpha value is -3.52. The minimum Gasteiger partial charge on any atom is -0.457 e. The average Bonchev–Trinajstić information content (AvgIpc) is 2.86. The molecule has 0 aliphatic rings. The molecular weight excluding hydrogens is 428 g/mol. The lowest BCUT2D eigenvalue weighted by molar-refractivity contribution is 0.480. The summed E-state index contributed by atoms with van der Waals surface area (Å²) in [4.78, 5) is 0. The zero-order valence-electron chi connectivity index (χ0n) is 22.4. The molecule has 35 heavy (non-hydrogen) atoms. The van der Waals surface area contributed by atoms with Gasteiger partial charge in [-0.3, -0.25) is 0 Å². The van der Waals surface area contributed by atoms with Gasteiger partial charge in [-0.2, -0.15) is 0 Å². The molecule has 4 aromatic carbocycles. The predicted octanol–water partition coefficient (Wildman–Crippen LogP) is 9.86. The second-order valence-electron chi connectivity index (χ2n) is 9.37. The van der Waals surface area contributed by atoms with Crippen molar-refractivity contribution in [2.75, 3.05) is 0 Å². The van der Waals surface area contributed by atoms with Crippen LogP contribution in [0, 0.1) is 27.7 Å². The topological polar surface area (TPSA) is 18.5 Å². The van der Waals surface area contributed by atoms with Gasteiger partial charge >= 0.3 is 0 Å². The van der Waals surface area contributed by atoms with Crippen molar-refractivity contribution in [3.05, 3.63) is 118 Å². The first-order chi connectivity index (χ1) is 16.7. The second kappa shape index (κ2) is 11.3. The van der Waals surface area contributed by atoms with Crippen LogP contribution >= 0.6 is 0 Å². The maximum absolute atomic E-state index is 6.06. The van der Waals surface area contributed by atoms with Gasteiger partial charge in [0.1, 0.15) is 23.0 Å². The fourth-order valence-corrected chi connectivity index (χ4v) is 3.87. The van der Waals surface area contributed by atoms with Gasteiger partial charge in [0.2, 0.25) is 0 Å². The van der Waals surface area contributed by atoms with Crippen molar-refractivity contribution in [1.29, 1.82) is 0 Å². The fraction of sp³-hybridized carbons (Fsp3) is 0.273. The van der Waals surface area contributed by atoms with E-state index in [9.17, 15) is 0 Å². The summed E-state index contributed by atoms with van der Waals surface area (Å²) in [6.07, 6.45) is 0. The molecule has 0 atom stereocenters. The van der Waals surface area contributed by atoms with Gasteiger partial charge in [0.05, 0.1) is 0 Å². The summed E-state index contributed by atoms with van der Waals surface area (Å²) in [7, 11) is 0. The predicted molar refractivity (Wildman–Crippen MR) is 148 cm³/mol. The van der Waals surface area contributed by atoms with Crippen molar-refractivity contribution >= 4 is 0 Å². The molecule has 0 spiro atoms. The normalized spacial score (nSPS) is 10.9. The van der Waals surface area contributed by atoms with Crippen LogP contribution in [0.25, 0.3) is 0 Å². The van der Waals surface area contributed by atoms with E-state index in [2.05, 4.69) is 90.1 Å². The third-order valence-corrected chi connectivity index (χ3v) is 6.58. The van der Waals surface area contributed by atoms with Gasteiger partial charge in [-0.1, -0.05) is 64.1 Å². The van der Waals surface area contributed by atoms with Gasteiger partial charge in [-0.05, 0) is 110 Å². The number of benzene rings is 4. The van der Waals surface area contributed by atoms with Crippen LogP contribution in [0.1, 0.15) is 61.1 Å². The average molecular weight is 467 g/mol. The van der Waals surface area contributed by atoms with Crippen molar-refractivity contribution in [3.63, 3.8) is 0 Å². The van der Waals surface area contributed by atoms with Crippen LogP contribution in [-0.2, 0) is 5.41 Å². The maximum atomic E-state index is 6.06. The van der Waals surface area contributed by atoms with Crippen LogP contribution in [-0.4, -0.2) is 0 Å². The SMILES string of the molecule is CC.Cc1ccc(Oc2ccc(C(C)(C)c3ccc(Oc4ccc(C)c(C)c4)cc3)cc2)cc1C. The van der Waals surface area contributed by atoms with Crippen LogP contribution in [0.15, 0.2) is 84.9 Å². The van der Waals surface area contributed by atoms with Crippen LogP contribution in [0.5, 0.6) is 23.0 Å². The third kappa shape index (κ3) is 6.33. The highest BCUT2D eigenvalue weighted by Crippen LogP contribution is 2.35. The summed E-state index contributed by atoms with van der Waals surface area (Å²) in [5.41, 5.74) is 7.33. The first-order valence-corrected chi connectivity index (χ1v) is 12.4. The Balaban J connectivity index is 0.00000167. The zero-order chi connectivity index (χ0) is 25.6. The number of hydrogen-bond donors (Lipinski definition) is 0. The lowest BCUT2D eigenvalue weighted by Gasteiger charge is -2.26. The molecule has 4 aromatic rings. The molecule has 0 aromatic heterocycles. The molecule has 0 saturated carbocycles. The van der Waals surface area contributed by atoms with Gasteiger partial charge in [0.25, 0.3) is 0 Å². The molecule has 182 valence electrons. The molecule has 0 aliphatic heterocycles. The van der Waals surface area contributed by atoms with Gasteiger partial charge in [-0.25, -0.2) is 0 Å². The molecular formula is C33H38O2. The van der Waals surface area contributed by atoms with Gasteiger partial charge < -0.3 is 9.47 Å². The monoisotopic (exact) mass is 466 g/mol. The summed E-state index contributed by atoms with van der Waals surface area (Å²) < 4.78 is 12.1. The Morgan fingerprint density at radius 3 is 1.06 bits per heavy atom. The van der Waals surface area contributed by atoms with E-state index in [1.807, 2.05) is 50.2 Å². The minimum absolute atomic E-state index is 0.141. The minimum atomic E-state index is -0.141. The Morgan fingerprint density at radius 1 is 0.429 bits per heavy atom. The Labute approximate surface area is 211 Å². The standard InChI is InChI=1S/C31H32O2.C2H6/c1-21-7-13-29(19-23(21)3)32-27-15-9-25(10-16-27)31(5,6)26-11-17-28(18-12-26)33-30-14-8-22(2)24(4)20-30;1-2/h7-20H,1-6H3;1-2H3. The summed E-state index contributed by atoms with van der Waals surface area (Å²) in [5.74, 6) is 3.42. The number of hydrogen-bond acceptors (Lipinski definition) is 2. The smallest absolute Gasteiger partial charge is 0.127 e. The lowest BCUT2D eigenvalue weighted by Crippen LogP contribution is -2.18. The molecule has 2 nitrogen and oxygen atoms in total. The molecule has 4 rings (SSSR count). The molecule has 0 radical (unpaired) electrons. The fourth-order valence-electron chi connectivity index (χ4n) is 3.87. The van der Waals surface area contributed by atoms with E-state index in [0.29, 0.717) is 0 Å². The largest absolute Gasteiger partial charge is 0.457 e.